The van der Waals surface area contributed by atoms with Gasteiger partial charge in [0.1, 0.15) is 0 Å². The van der Waals surface area contributed by atoms with Crippen molar-refractivity contribution in [2.45, 2.75) is 58.0 Å². The van der Waals surface area contributed by atoms with Crippen LogP contribution < -0.4 is 16.0 Å². The van der Waals surface area contributed by atoms with Crippen LogP contribution in [-0.2, 0) is 62.6 Å². The first-order valence-corrected chi connectivity index (χ1v) is 21.0. The largest absolute Gasteiger partial charge is 0.481 e. The lowest BCUT2D eigenvalue weighted by molar-refractivity contribution is -0.144. The molecule has 0 unspecified atom stereocenters. The topological polar surface area (TPSA) is 178 Å². The van der Waals surface area contributed by atoms with Crippen LogP contribution in [0.2, 0.25) is 0 Å². The number of carbonyl (C=O) groups excluding carboxylic acids is 1. The quantitative estimate of drug-likeness (QED) is 0.0809. The van der Waals surface area contributed by atoms with Gasteiger partial charge in [0.15, 0.2) is 0 Å². The molecule has 3 aliphatic rings. The van der Waals surface area contributed by atoms with Gasteiger partial charge in [0.2, 0.25) is 5.91 Å². The van der Waals surface area contributed by atoms with E-state index in [1.807, 2.05) is 71.6 Å². The highest BCUT2D eigenvalue weighted by atomic mass is 16.5. The fraction of sp³-hybridized carbons (Fsp3) is 0.522. The average Bonchev–Trinajstić information content (AvgIpc) is 4.04. The first-order chi connectivity index (χ1) is 28.1. The van der Waals surface area contributed by atoms with E-state index in [1.165, 1.54) is 0 Å². The molecule has 0 spiro atoms. The number of rotatable bonds is 22. The number of hydrogen-bond acceptors (Lipinski definition) is 8. The van der Waals surface area contributed by atoms with Crippen molar-refractivity contribution in [3.8, 4) is 0 Å². The third-order valence-corrected chi connectivity index (χ3v) is 12.4. The van der Waals surface area contributed by atoms with Crippen molar-refractivity contribution in [3.63, 3.8) is 0 Å². The van der Waals surface area contributed by atoms with Crippen LogP contribution in [0.4, 0.5) is 0 Å². The van der Waals surface area contributed by atoms with Gasteiger partial charge in [-0.1, -0.05) is 72.8 Å². The van der Waals surface area contributed by atoms with Crippen molar-refractivity contribution < 1.29 is 39.2 Å². The van der Waals surface area contributed by atoms with E-state index < -0.39 is 35.7 Å². The van der Waals surface area contributed by atoms with E-state index in [0.717, 1.165) is 78.8 Å². The Labute approximate surface area is 341 Å². The Morgan fingerprint density at radius 1 is 0.586 bits per heavy atom. The predicted molar refractivity (Wildman–Crippen MR) is 220 cm³/mol. The van der Waals surface area contributed by atoms with Crippen molar-refractivity contribution in [2.24, 2.45) is 35.5 Å². The molecular formula is C46H60N4O8. The van der Waals surface area contributed by atoms with Gasteiger partial charge in [-0.2, -0.15) is 0 Å². The summed E-state index contributed by atoms with van der Waals surface area (Å²) in [4.78, 5) is 52.3. The highest BCUT2D eigenvalue weighted by Gasteiger charge is 2.33. The molecule has 3 aliphatic heterocycles. The summed E-state index contributed by atoms with van der Waals surface area (Å²) in [5.74, 6) is -3.51. The van der Waals surface area contributed by atoms with E-state index >= 15 is 0 Å². The Morgan fingerprint density at radius 2 is 1.00 bits per heavy atom. The molecule has 3 fully saturated rings. The summed E-state index contributed by atoms with van der Waals surface area (Å²) in [6.07, 6.45) is 4.62. The third kappa shape index (κ3) is 12.4. The minimum Gasteiger partial charge on any atom is -0.481 e. The number of carbonyl (C=O) groups is 4. The van der Waals surface area contributed by atoms with Crippen molar-refractivity contribution in [2.75, 3.05) is 59.0 Å². The van der Waals surface area contributed by atoms with Gasteiger partial charge in [0, 0.05) is 13.1 Å². The highest BCUT2D eigenvalue weighted by Crippen LogP contribution is 2.27. The summed E-state index contributed by atoms with van der Waals surface area (Å²) in [6, 6.07) is 23.6. The van der Waals surface area contributed by atoms with E-state index in [1.54, 1.807) is 0 Å². The second kappa shape index (κ2) is 21.4. The highest BCUT2D eigenvalue weighted by molar-refractivity contribution is 5.79. The number of ether oxygens (including phenoxy) is 1. The normalized spacial score (nSPS) is 20.7. The maximum absolute atomic E-state index is 14.0. The van der Waals surface area contributed by atoms with Gasteiger partial charge in [-0.25, -0.2) is 0 Å². The molecule has 3 aromatic rings. The molecule has 12 heteroatoms. The maximum Gasteiger partial charge on any atom is 0.307 e. The van der Waals surface area contributed by atoms with Gasteiger partial charge in [-0.05, 0) is 135 Å². The molecule has 0 bridgehead atoms. The summed E-state index contributed by atoms with van der Waals surface area (Å²) in [5.41, 5.74) is 5.64. The lowest BCUT2D eigenvalue weighted by Crippen LogP contribution is -2.37. The van der Waals surface area contributed by atoms with Crippen LogP contribution in [0.1, 0.15) is 52.6 Å². The summed E-state index contributed by atoms with van der Waals surface area (Å²) in [7, 11) is 0. The Bertz CT molecular complexity index is 1840. The average molecular weight is 797 g/mol. The zero-order valence-electron chi connectivity index (χ0n) is 33.5. The Kier molecular flexibility index (Phi) is 15.9. The Morgan fingerprint density at radius 3 is 1.45 bits per heavy atom. The van der Waals surface area contributed by atoms with E-state index in [2.05, 4.69) is 22.0 Å². The van der Waals surface area contributed by atoms with Crippen LogP contribution in [0.25, 0.3) is 0 Å². The zero-order chi connectivity index (χ0) is 40.9. The number of benzene rings is 3. The molecule has 6 atom stereocenters. The van der Waals surface area contributed by atoms with Crippen LogP contribution in [0.15, 0.2) is 72.8 Å². The summed E-state index contributed by atoms with van der Waals surface area (Å²) in [5, 5.41) is 39.8. The maximum atomic E-state index is 14.0. The summed E-state index contributed by atoms with van der Waals surface area (Å²) in [6.45, 7) is 6.07. The second-order valence-corrected chi connectivity index (χ2v) is 16.5. The van der Waals surface area contributed by atoms with Crippen LogP contribution in [-0.4, -0.2) is 103 Å². The molecule has 12 nitrogen and oxygen atoms in total. The zero-order valence-corrected chi connectivity index (χ0v) is 33.5. The van der Waals surface area contributed by atoms with Crippen LogP contribution in [0.3, 0.4) is 0 Å². The molecule has 0 aliphatic carbocycles. The van der Waals surface area contributed by atoms with Crippen LogP contribution in [0.5, 0.6) is 0 Å². The van der Waals surface area contributed by atoms with Gasteiger partial charge >= 0.3 is 17.9 Å². The molecular weight excluding hydrogens is 737 g/mol. The van der Waals surface area contributed by atoms with Gasteiger partial charge in [-0.3, -0.25) is 19.2 Å². The monoisotopic (exact) mass is 796 g/mol. The molecule has 0 radical (unpaired) electrons. The van der Waals surface area contributed by atoms with E-state index in [9.17, 15) is 34.5 Å². The van der Waals surface area contributed by atoms with Crippen molar-refractivity contribution >= 4 is 23.8 Å². The number of nitrogens with one attached hydrogen (secondary N) is 3. The Balaban J connectivity index is 1.10. The molecule has 6 N–H and O–H groups in total. The number of amides is 1. The summed E-state index contributed by atoms with van der Waals surface area (Å²) >= 11 is 0. The van der Waals surface area contributed by atoms with Gasteiger partial charge < -0.3 is 40.9 Å². The number of carboxylic acids is 3. The SMILES string of the molecule is O=C(O)[C@@H](Cc1cccc(CCN(CCOCc2cccc(C[C@H](C(=O)O)[C@H]3CCNC3)c2)C(=O)Cc2cccc(C[C@H](C(=O)O)[C@H]3CCNC3)c2)c1)[C@H]1CCNC1. The Hall–Kier alpha value is -4.62. The number of aliphatic carboxylic acids is 3. The molecule has 58 heavy (non-hydrogen) atoms. The smallest absolute Gasteiger partial charge is 0.307 e. The molecule has 1 amide bonds. The molecule has 3 aromatic carbocycles. The fourth-order valence-electron chi connectivity index (χ4n) is 9.09. The lowest BCUT2D eigenvalue weighted by atomic mass is 9.86. The van der Waals surface area contributed by atoms with E-state index in [-0.39, 0.29) is 30.1 Å². The molecule has 3 saturated heterocycles. The number of nitrogens with zero attached hydrogens (tertiary/aromatic N) is 1. The first kappa shape index (κ1) is 43.0. The summed E-state index contributed by atoms with van der Waals surface area (Å²) < 4.78 is 6.14. The minimum atomic E-state index is -0.794. The van der Waals surface area contributed by atoms with Crippen LogP contribution >= 0.6 is 0 Å². The van der Waals surface area contributed by atoms with Crippen molar-refractivity contribution in [3.05, 3.63) is 106 Å². The molecule has 0 saturated carbocycles. The molecule has 312 valence electrons. The van der Waals surface area contributed by atoms with Crippen molar-refractivity contribution in [1.82, 2.24) is 20.9 Å². The van der Waals surface area contributed by atoms with E-state index in [0.29, 0.717) is 65.1 Å². The molecule has 6 rings (SSSR count). The first-order valence-electron chi connectivity index (χ1n) is 21.0. The van der Waals surface area contributed by atoms with Gasteiger partial charge in [0.25, 0.3) is 0 Å². The molecule has 0 aromatic heterocycles. The third-order valence-electron chi connectivity index (χ3n) is 12.4. The number of hydrogen-bond donors (Lipinski definition) is 6. The number of carboxylic acid groups (broad SMARTS) is 3. The van der Waals surface area contributed by atoms with E-state index in [4.69, 9.17) is 4.74 Å². The van der Waals surface area contributed by atoms with Gasteiger partial charge in [-0.15, -0.1) is 0 Å². The lowest BCUT2D eigenvalue weighted by Gasteiger charge is -2.24. The second-order valence-electron chi connectivity index (χ2n) is 16.5. The van der Waals surface area contributed by atoms with Gasteiger partial charge in [0.05, 0.1) is 37.4 Å². The predicted octanol–water partition coefficient (Wildman–Crippen LogP) is 4.08. The van der Waals surface area contributed by atoms with Crippen LogP contribution in [0, 0.1) is 35.5 Å². The standard InChI is InChI=1S/C46H60N4O8/c51-43(26-35-8-2-6-33(21-35)24-41(45(54)55)38-11-15-48-28-38)50(17-13-31-4-1-5-32(20-31)23-40(44(52)53)37-10-14-47-27-37)18-19-58-30-36-9-3-7-34(22-36)25-42(46(56)57)39-12-16-49-29-39/h1-9,20-22,37-42,47-49H,10-19,23-30H2,(H,52,53)(H,54,55)(H,56,57)/t37-,38-,39-,40-,41-,42-/m0/s1. The minimum absolute atomic E-state index is 0.0607. The fourth-order valence-corrected chi connectivity index (χ4v) is 9.09. The van der Waals surface area contributed by atoms with Crippen molar-refractivity contribution in [1.29, 1.82) is 0 Å². The molecule has 3 heterocycles.